The highest BCUT2D eigenvalue weighted by Gasteiger charge is 2.30. The predicted molar refractivity (Wildman–Crippen MR) is 67.8 cm³/mol. The Morgan fingerprint density at radius 3 is 2.65 bits per heavy atom. The lowest BCUT2D eigenvalue weighted by Gasteiger charge is -2.29. The lowest BCUT2D eigenvalue weighted by molar-refractivity contribution is 0.0564. The van der Waals surface area contributed by atoms with Crippen LogP contribution in [0.4, 0.5) is 0 Å². The van der Waals surface area contributed by atoms with Crippen LogP contribution in [-0.4, -0.2) is 16.5 Å². The molecule has 0 saturated carbocycles. The Bertz CT molecular complexity index is 455. The second-order valence-corrected chi connectivity index (χ2v) is 4.57. The first-order valence-electron chi connectivity index (χ1n) is 5.76. The Kier molecular flexibility index (Phi) is 3.25. The summed E-state index contributed by atoms with van der Waals surface area (Å²) in [6.07, 6.45) is 7.64. The highest BCUT2D eigenvalue weighted by molar-refractivity contribution is 5.96. The molecule has 0 fully saturated rings. The average molecular weight is 228 g/mol. The van der Waals surface area contributed by atoms with Crippen molar-refractivity contribution in [3.05, 3.63) is 60.2 Å². The minimum absolute atomic E-state index is 0.0656. The Morgan fingerprint density at radius 1 is 1.29 bits per heavy atom. The molecule has 2 rings (SSSR count). The summed E-state index contributed by atoms with van der Waals surface area (Å²) < 4.78 is 0. The molecule has 1 aliphatic rings. The molecule has 0 aliphatic heterocycles. The molecule has 2 unspecified atom stereocenters. The number of ketones is 1. The molecule has 2 atom stereocenters. The Balaban J connectivity index is 2.10. The Hall–Kier alpha value is -1.67. The van der Waals surface area contributed by atoms with E-state index in [4.69, 9.17) is 0 Å². The van der Waals surface area contributed by atoms with E-state index < -0.39 is 5.60 Å². The third kappa shape index (κ3) is 2.71. The molecule has 1 aromatic rings. The van der Waals surface area contributed by atoms with Gasteiger partial charge >= 0.3 is 0 Å². The van der Waals surface area contributed by atoms with Crippen LogP contribution in [-0.2, 0) is 0 Å². The highest BCUT2D eigenvalue weighted by Crippen LogP contribution is 2.28. The van der Waals surface area contributed by atoms with Crippen LogP contribution in [0.15, 0.2) is 54.6 Å². The molecule has 88 valence electrons. The summed E-state index contributed by atoms with van der Waals surface area (Å²) in [6.45, 7) is 1.73. The Labute approximate surface area is 101 Å². The summed E-state index contributed by atoms with van der Waals surface area (Å²) in [6, 6.07) is 9.19. The van der Waals surface area contributed by atoms with Crippen molar-refractivity contribution >= 4 is 5.78 Å². The second kappa shape index (κ2) is 4.68. The molecule has 1 aliphatic carbocycles. The van der Waals surface area contributed by atoms with E-state index in [1.807, 2.05) is 36.4 Å². The number of Topliss-reactive ketones (excluding diaryl/α,β-unsaturated/α-hetero) is 1. The molecule has 0 amide bonds. The molecule has 17 heavy (non-hydrogen) atoms. The van der Waals surface area contributed by atoms with Crippen LogP contribution in [0.1, 0.15) is 23.7 Å². The van der Waals surface area contributed by atoms with E-state index in [9.17, 15) is 9.90 Å². The van der Waals surface area contributed by atoms with E-state index in [1.165, 1.54) is 0 Å². The van der Waals surface area contributed by atoms with Gasteiger partial charge in [0.25, 0.3) is 0 Å². The van der Waals surface area contributed by atoms with E-state index in [1.54, 1.807) is 25.1 Å². The number of carbonyl (C=O) groups is 1. The van der Waals surface area contributed by atoms with Gasteiger partial charge in [-0.25, -0.2) is 0 Å². The van der Waals surface area contributed by atoms with Gasteiger partial charge < -0.3 is 5.11 Å². The quantitative estimate of drug-likeness (QED) is 0.808. The number of allylic oxidation sites excluding steroid dienone is 2. The smallest absolute Gasteiger partial charge is 0.163 e. The van der Waals surface area contributed by atoms with E-state index in [0.717, 1.165) is 0 Å². The van der Waals surface area contributed by atoms with Gasteiger partial charge in [-0.3, -0.25) is 4.79 Å². The van der Waals surface area contributed by atoms with Crippen LogP contribution >= 0.6 is 0 Å². The third-order valence-electron chi connectivity index (χ3n) is 3.14. The van der Waals surface area contributed by atoms with Gasteiger partial charge in [-0.15, -0.1) is 0 Å². The molecule has 1 aromatic carbocycles. The molecule has 0 radical (unpaired) electrons. The summed E-state index contributed by atoms with van der Waals surface area (Å²) in [7, 11) is 0. The fourth-order valence-corrected chi connectivity index (χ4v) is 1.98. The van der Waals surface area contributed by atoms with Gasteiger partial charge in [-0.1, -0.05) is 54.6 Å². The van der Waals surface area contributed by atoms with Crippen molar-refractivity contribution in [2.45, 2.75) is 18.9 Å². The van der Waals surface area contributed by atoms with Gasteiger partial charge in [0.1, 0.15) is 0 Å². The molecule has 0 heterocycles. The van der Waals surface area contributed by atoms with E-state index in [-0.39, 0.29) is 11.7 Å². The zero-order valence-corrected chi connectivity index (χ0v) is 9.84. The number of hydrogen-bond donors (Lipinski definition) is 1. The van der Waals surface area contributed by atoms with Crippen molar-refractivity contribution in [3.63, 3.8) is 0 Å². The normalized spacial score (nSPS) is 27.1. The molecule has 0 saturated heterocycles. The van der Waals surface area contributed by atoms with Gasteiger partial charge in [0.05, 0.1) is 5.60 Å². The largest absolute Gasteiger partial charge is 0.385 e. The van der Waals surface area contributed by atoms with Crippen molar-refractivity contribution in [1.29, 1.82) is 0 Å². The summed E-state index contributed by atoms with van der Waals surface area (Å²) in [5.41, 5.74) is -0.231. The van der Waals surface area contributed by atoms with Crippen molar-refractivity contribution in [2.75, 3.05) is 0 Å². The van der Waals surface area contributed by atoms with Crippen LogP contribution in [0.5, 0.6) is 0 Å². The molecule has 1 N–H and O–H groups in total. The highest BCUT2D eigenvalue weighted by atomic mass is 16.3. The molecule has 2 nitrogen and oxygen atoms in total. The number of hydrogen-bond acceptors (Lipinski definition) is 2. The lowest BCUT2D eigenvalue weighted by Crippen LogP contribution is -2.33. The summed E-state index contributed by atoms with van der Waals surface area (Å²) in [5, 5.41) is 10.1. The first-order chi connectivity index (χ1) is 8.09. The Morgan fingerprint density at radius 2 is 2.00 bits per heavy atom. The van der Waals surface area contributed by atoms with Gasteiger partial charge in [-0.2, -0.15) is 0 Å². The summed E-state index contributed by atoms with van der Waals surface area (Å²) >= 11 is 0. The summed E-state index contributed by atoms with van der Waals surface area (Å²) in [5.74, 6) is -0.0870. The number of carbonyl (C=O) groups excluding carboxylic acids is 1. The first kappa shape index (κ1) is 11.8. The minimum Gasteiger partial charge on any atom is -0.385 e. The van der Waals surface area contributed by atoms with Crippen molar-refractivity contribution < 1.29 is 9.90 Å². The zero-order chi connectivity index (χ0) is 12.3. The van der Waals surface area contributed by atoms with Crippen LogP contribution in [0.2, 0.25) is 0 Å². The lowest BCUT2D eigenvalue weighted by atomic mass is 9.81. The van der Waals surface area contributed by atoms with Crippen LogP contribution < -0.4 is 0 Å². The van der Waals surface area contributed by atoms with Gasteiger partial charge in [0.2, 0.25) is 0 Å². The van der Waals surface area contributed by atoms with Gasteiger partial charge in [0, 0.05) is 17.9 Å². The third-order valence-corrected chi connectivity index (χ3v) is 3.14. The SMILES string of the molecule is CC1(O)C=CC=CC1CC(=O)c1ccccc1. The number of rotatable bonds is 3. The predicted octanol–water partition coefficient (Wildman–Crippen LogP) is 2.75. The number of aliphatic hydroxyl groups is 1. The van der Waals surface area contributed by atoms with Crippen LogP contribution in [0.3, 0.4) is 0 Å². The van der Waals surface area contributed by atoms with E-state index in [2.05, 4.69) is 0 Å². The second-order valence-electron chi connectivity index (χ2n) is 4.57. The maximum atomic E-state index is 12.0. The standard InChI is InChI=1S/C15H16O2/c1-15(17)10-6-5-9-13(15)11-14(16)12-7-3-2-4-8-12/h2-10,13,17H,11H2,1H3. The monoisotopic (exact) mass is 228 g/mol. The molecule has 0 spiro atoms. The maximum absolute atomic E-state index is 12.0. The molecular weight excluding hydrogens is 212 g/mol. The van der Waals surface area contributed by atoms with E-state index >= 15 is 0 Å². The maximum Gasteiger partial charge on any atom is 0.163 e. The first-order valence-corrected chi connectivity index (χ1v) is 5.76. The fourth-order valence-electron chi connectivity index (χ4n) is 1.98. The van der Waals surface area contributed by atoms with Crippen molar-refractivity contribution in [2.24, 2.45) is 5.92 Å². The van der Waals surface area contributed by atoms with Gasteiger partial charge in [0.15, 0.2) is 5.78 Å². The fraction of sp³-hybridized carbons (Fsp3) is 0.267. The van der Waals surface area contributed by atoms with Crippen molar-refractivity contribution in [3.8, 4) is 0 Å². The number of benzene rings is 1. The molecule has 0 bridgehead atoms. The van der Waals surface area contributed by atoms with E-state index in [0.29, 0.717) is 12.0 Å². The van der Waals surface area contributed by atoms with Crippen LogP contribution in [0, 0.1) is 5.92 Å². The minimum atomic E-state index is -0.931. The zero-order valence-electron chi connectivity index (χ0n) is 9.84. The molecule has 2 heteroatoms. The summed E-state index contributed by atoms with van der Waals surface area (Å²) in [4.78, 5) is 12.0. The molecule has 0 aromatic heterocycles. The van der Waals surface area contributed by atoms with Gasteiger partial charge in [-0.05, 0) is 6.92 Å². The topological polar surface area (TPSA) is 37.3 Å². The van der Waals surface area contributed by atoms with Crippen molar-refractivity contribution in [1.82, 2.24) is 0 Å². The molecular formula is C15H16O2. The average Bonchev–Trinajstić information content (AvgIpc) is 2.33. The van der Waals surface area contributed by atoms with Crippen LogP contribution in [0.25, 0.3) is 0 Å².